The molecular formula is C20H28N4OS. The maximum absolute atomic E-state index is 12.6. The number of benzene rings is 1. The SMILES string of the molecule is Cc1ccc(SCCN(C)C(=O)Cn2nccc2C2CCCNC2)cc1. The maximum Gasteiger partial charge on any atom is 0.244 e. The molecule has 140 valence electrons. The molecule has 0 radical (unpaired) electrons. The molecule has 1 aliphatic rings. The number of hydrogen-bond donors (Lipinski definition) is 1. The summed E-state index contributed by atoms with van der Waals surface area (Å²) in [4.78, 5) is 15.6. The van der Waals surface area contributed by atoms with Gasteiger partial charge in [0.25, 0.3) is 0 Å². The Morgan fingerprint density at radius 3 is 2.88 bits per heavy atom. The average molecular weight is 373 g/mol. The van der Waals surface area contributed by atoms with Gasteiger partial charge in [-0.25, -0.2) is 0 Å². The van der Waals surface area contributed by atoms with Crippen LogP contribution in [0.3, 0.4) is 0 Å². The summed E-state index contributed by atoms with van der Waals surface area (Å²) in [5.74, 6) is 1.47. The van der Waals surface area contributed by atoms with Gasteiger partial charge in [-0.3, -0.25) is 9.48 Å². The van der Waals surface area contributed by atoms with Crippen molar-refractivity contribution >= 4 is 17.7 Å². The second-order valence-electron chi connectivity index (χ2n) is 6.93. The molecule has 0 bridgehead atoms. The number of nitrogens with one attached hydrogen (secondary N) is 1. The van der Waals surface area contributed by atoms with Crippen molar-refractivity contribution in [3.63, 3.8) is 0 Å². The number of aryl methyl sites for hydroxylation is 1. The fraction of sp³-hybridized carbons (Fsp3) is 0.500. The number of aromatic nitrogens is 2. The van der Waals surface area contributed by atoms with Gasteiger partial charge in [-0.1, -0.05) is 17.7 Å². The van der Waals surface area contributed by atoms with Crippen molar-refractivity contribution in [1.29, 1.82) is 0 Å². The van der Waals surface area contributed by atoms with E-state index in [1.165, 1.54) is 22.6 Å². The Morgan fingerprint density at radius 2 is 2.15 bits per heavy atom. The summed E-state index contributed by atoms with van der Waals surface area (Å²) in [6, 6.07) is 10.6. The number of carbonyl (C=O) groups excluding carboxylic acids is 1. The van der Waals surface area contributed by atoms with Gasteiger partial charge in [0.1, 0.15) is 6.54 Å². The lowest BCUT2D eigenvalue weighted by molar-refractivity contribution is -0.130. The van der Waals surface area contributed by atoms with Crippen LogP contribution >= 0.6 is 11.8 Å². The molecule has 2 heterocycles. The maximum atomic E-state index is 12.6. The number of rotatable bonds is 7. The third-order valence-corrected chi connectivity index (χ3v) is 5.88. The Bertz CT molecular complexity index is 707. The zero-order valence-electron chi connectivity index (χ0n) is 15.6. The van der Waals surface area contributed by atoms with Crippen molar-refractivity contribution in [2.75, 3.05) is 32.4 Å². The van der Waals surface area contributed by atoms with Crippen molar-refractivity contribution in [2.24, 2.45) is 0 Å². The summed E-state index contributed by atoms with van der Waals surface area (Å²) in [6.07, 6.45) is 4.15. The van der Waals surface area contributed by atoms with E-state index in [0.29, 0.717) is 12.5 Å². The summed E-state index contributed by atoms with van der Waals surface area (Å²) >= 11 is 1.78. The van der Waals surface area contributed by atoms with Crippen LogP contribution in [-0.4, -0.2) is 53.0 Å². The molecule has 1 amide bonds. The third kappa shape index (κ3) is 5.11. The molecule has 1 atom stereocenters. The lowest BCUT2D eigenvalue weighted by Crippen LogP contribution is -2.34. The molecule has 2 aromatic rings. The van der Waals surface area contributed by atoms with Crippen molar-refractivity contribution in [3.05, 3.63) is 47.8 Å². The van der Waals surface area contributed by atoms with E-state index in [2.05, 4.69) is 47.7 Å². The summed E-state index contributed by atoms with van der Waals surface area (Å²) in [5, 5.41) is 7.82. The van der Waals surface area contributed by atoms with Gasteiger partial charge in [0.2, 0.25) is 5.91 Å². The molecule has 0 spiro atoms. The first kappa shape index (κ1) is 19.0. The van der Waals surface area contributed by atoms with Crippen molar-refractivity contribution in [3.8, 4) is 0 Å². The monoisotopic (exact) mass is 372 g/mol. The number of thioether (sulfide) groups is 1. The molecule has 5 nitrogen and oxygen atoms in total. The molecule has 1 fully saturated rings. The number of likely N-dealkylation sites (N-methyl/N-ethyl adjacent to an activating group) is 1. The average Bonchev–Trinajstić information content (AvgIpc) is 3.12. The highest BCUT2D eigenvalue weighted by Crippen LogP contribution is 2.23. The van der Waals surface area contributed by atoms with Crippen LogP contribution in [0.4, 0.5) is 0 Å². The zero-order chi connectivity index (χ0) is 18.4. The number of carbonyl (C=O) groups is 1. The topological polar surface area (TPSA) is 50.2 Å². The molecule has 6 heteroatoms. The van der Waals surface area contributed by atoms with Crippen LogP contribution in [-0.2, 0) is 11.3 Å². The Labute approximate surface area is 160 Å². The highest BCUT2D eigenvalue weighted by Gasteiger charge is 2.20. The fourth-order valence-electron chi connectivity index (χ4n) is 3.23. The molecule has 1 aromatic carbocycles. The second-order valence-corrected chi connectivity index (χ2v) is 8.10. The van der Waals surface area contributed by atoms with Gasteiger partial charge in [0.05, 0.1) is 0 Å². The summed E-state index contributed by atoms with van der Waals surface area (Å²) in [6.45, 7) is 5.21. The smallest absolute Gasteiger partial charge is 0.244 e. The molecular weight excluding hydrogens is 344 g/mol. The number of amides is 1. The normalized spacial score (nSPS) is 17.2. The van der Waals surface area contributed by atoms with E-state index in [9.17, 15) is 4.79 Å². The van der Waals surface area contributed by atoms with Gasteiger partial charge in [-0.15, -0.1) is 11.8 Å². The molecule has 1 unspecified atom stereocenters. The Morgan fingerprint density at radius 1 is 1.35 bits per heavy atom. The van der Waals surface area contributed by atoms with Gasteiger partial charge in [0.15, 0.2) is 0 Å². The van der Waals surface area contributed by atoms with Crippen molar-refractivity contribution in [1.82, 2.24) is 20.0 Å². The molecule has 0 aliphatic carbocycles. The van der Waals surface area contributed by atoms with E-state index in [4.69, 9.17) is 0 Å². The van der Waals surface area contributed by atoms with Gasteiger partial charge < -0.3 is 10.2 Å². The quantitative estimate of drug-likeness (QED) is 0.760. The van der Waals surface area contributed by atoms with E-state index >= 15 is 0 Å². The predicted octanol–water partition coefficient (Wildman–Crippen LogP) is 2.91. The molecule has 1 N–H and O–H groups in total. The van der Waals surface area contributed by atoms with E-state index in [1.54, 1.807) is 11.8 Å². The minimum absolute atomic E-state index is 0.114. The highest BCUT2D eigenvalue weighted by molar-refractivity contribution is 7.99. The Balaban J connectivity index is 1.48. The van der Waals surface area contributed by atoms with Crippen LogP contribution < -0.4 is 5.32 Å². The zero-order valence-corrected chi connectivity index (χ0v) is 16.5. The Kier molecular flexibility index (Phi) is 6.74. The van der Waals surface area contributed by atoms with E-state index in [0.717, 1.165) is 31.8 Å². The minimum atomic E-state index is 0.114. The van der Waals surface area contributed by atoms with E-state index in [-0.39, 0.29) is 5.91 Å². The number of hydrogen-bond acceptors (Lipinski definition) is 4. The number of piperidine rings is 1. The summed E-state index contributed by atoms with van der Waals surface area (Å²) < 4.78 is 1.88. The Hall–Kier alpha value is -1.79. The molecule has 1 saturated heterocycles. The predicted molar refractivity (Wildman–Crippen MR) is 107 cm³/mol. The van der Waals surface area contributed by atoms with Gasteiger partial charge >= 0.3 is 0 Å². The van der Waals surface area contributed by atoms with Gasteiger partial charge in [-0.05, 0) is 44.5 Å². The lowest BCUT2D eigenvalue weighted by Gasteiger charge is -2.24. The molecule has 1 aromatic heterocycles. The first-order chi connectivity index (χ1) is 12.6. The van der Waals surface area contributed by atoms with Crippen LogP contribution in [0, 0.1) is 6.92 Å². The number of nitrogens with zero attached hydrogens (tertiary/aromatic N) is 3. The van der Waals surface area contributed by atoms with Crippen LogP contribution in [0.1, 0.15) is 30.0 Å². The second kappa shape index (κ2) is 9.24. The summed E-state index contributed by atoms with van der Waals surface area (Å²) in [7, 11) is 1.88. The molecule has 1 aliphatic heterocycles. The largest absolute Gasteiger partial charge is 0.343 e. The van der Waals surface area contributed by atoms with Crippen molar-refractivity contribution in [2.45, 2.75) is 37.1 Å². The standard InChI is InChI=1S/C20H28N4OS/c1-16-5-7-18(8-6-16)26-13-12-23(2)20(25)15-24-19(9-11-22-24)17-4-3-10-21-14-17/h5-9,11,17,21H,3-4,10,12-15H2,1-2H3. The van der Waals surface area contributed by atoms with Crippen molar-refractivity contribution < 1.29 is 4.79 Å². The van der Waals surface area contributed by atoms with E-state index in [1.807, 2.05) is 22.8 Å². The molecule has 3 rings (SSSR count). The van der Waals surface area contributed by atoms with E-state index < -0.39 is 0 Å². The third-order valence-electron chi connectivity index (χ3n) is 4.89. The molecule has 0 saturated carbocycles. The molecule has 26 heavy (non-hydrogen) atoms. The van der Waals surface area contributed by atoms with Crippen LogP contribution in [0.2, 0.25) is 0 Å². The first-order valence-corrected chi connectivity index (χ1v) is 10.3. The summed E-state index contributed by atoms with van der Waals surface area (Å²) in [5.41, 5.74) is 2.44. The first-order valence-electron chi connectivity index (χ1n) is 9.29. The van der Waals surface area contributed by atoms with Crippen LogP contribution in [0.5, 0.6) is 0 Å². The van der Waals surface area contributed by atoms with Crippen LogP contribution in [0.25, 0.3) is 0 Å². The fourth-order valence-corrected chi connectivity index (χ4v) is 4.16. The minimum Gasteiger partial charge on any atom is -0.343 e. The highest BCUT2D eigenvalue weighted by atomic mass is 32.2. The van der Waals surface area contributed by atoms with Gasteiger partial charge in [0, 0.05) is 48.6 Å². The lowest BCUT2D eigenvalue weighted by atomic mass is 9.96. The van der Waals surface area contributed by atoms with Crippen LogP contribution in [0.15, 0.2) is 41.4 Å². The van der Waals surface area contributed by atoms with Gasteiger partial charge in [-0.2, -0.15) is 5.10 Å².